The fourth-order valence-corrected chi connectivity index (χ4v) is 4.48. The van der Waals surface area contributed by atoms with E-state index < -0.39 is 10.0 Å². The standard InChI is InChI=1S/C21H25N3O3S/c1-5-24-20-12-16(27-4)8-9-17(20)18(13-22)21(24)15-7-10-19(14(3)11-15)23-28(25,26)6-2/h7-12,18,21,23H,5-6H2,1-4H3. The molecule has 0 radical (unpaired) electrons. The van der Waals surface area contributed by atoms with E-state index in [0.29, 0.717) is 5.69 Å². The number of rotatable bonds is 6. The molecule has 3 rings (SSSR count). The molecule has 0 bridgehead atoms. The van der Waals surface area contributed by atoms with Crippen molar-refractivity contribution < 1.29 is 13.2 Å². The molecule has 6 nitrogen and oxygen atoms in total. The van der Waals surface area contributed by atoms with Crippen LogP contribution in [-0.4, -0.2) is 27.8 Å². The molecule has 1 aliphatic rings. The maximum absolute atomic E-state index is 11.9. The van der Waals surface area contributed by atoms with Gasteiger partial charge < -0.3 is 9.64 Å². The van der Waals surface area contributed by atoms with E-state index in [0.717, 1.165) is 34.7 Å². The number of sulfonamides is 1. The van der Waals surface area contributed by atoms with E-state index in [-0.39, 0.29) is 17.7 Å². The number of hydrogen-bond donors (Lipinski definition) is 1. The summed E-state index contributed by atoms with van der Waals surface area (Å²) in [6.07, 6.45) is 0. The highest BCUT2D eigenvalue weighted by atomic mass is 32.2. The monoisotopic (exact) mass is 399 g/mol. The Morgan fingerprint density at radius 3 is 2.54 bits per heavy atom. The van der Waals surface area contributed by atoms with Crippen molar-refractivity contribution >= 4 is 21.4 Å². The Labute approximate surface area is 166 Å². The molecule has 7 heteroatoms. The number of nitrogens with zero attached hydrogens (tertiary/aromatic N) is 2. The van der Waals surface area contributed by atoms with Crippen LogP contribution in [0, 0.1) is 18.3 Å². The van der Waals surface area contributed by atoms with Gasteiger partial charge in [-0.2, -0.15) is 5.26 Å². The number of hydrogen-bond acceptors (Lipinski definition) is 5. The van der Waals surface area contributed by atoms with Gasteiger partial charge in [0.2, 0.25) is 10.0 Å². The van der Waals surface area contributed by atoms with Gasteiger partial charge in [-0.05, 0) is 49.6 Å². The summed E-state index contributed by atoms with van der Waals surface area (Å²) >= 11 is 0. The third kappa shape index (κ3) is 3.52. The second-order valence-electron chi connectivity index (χ2n) is 6.84. The highest BCUT2D eigenvalue weighted by Crippen LogP contribution is 2.49. The fraction of sp³-hybridized carbons (Fsp3) is 0.381. The zero-order valence-electron chi connectivity index (χ0n) is 16.6. The zero-order chi connectivity index (χ0) is 20.5. The lowest BCUT2D eigenvalue weighted by Crippen LogP contribution is -2.26. The Balaban J connectivity index is 2.03. The van der Waals surface area contributed by atoms with Crippen LogP contribution in [0.15, 0.2) is 36.4 Å². The summed E-state index contributed by atoms with van der Waals surface area (Å²) in [5.74, 6) is 0.474. The first-order chi connectivity index (χ1) is 13.3. The van der Waals surface area contributed by atoms with Gasteiger partial charge in [-0.1, -0.05) is 18.2 Å². The number of benzene rings is 2. The molecule has 0 saturated carbocycles. The van der Waals surface area contributed by atoms with E-state index in [4.69, 9.17) is 4.74 Å². The van der Waals surface area contributed by atoms with Crippen molar-refractivity contribution in [1.82, 2.24) is 0 Å². The molecule has 0 spiro atoms. The number of methoxy groups -OCH3 is 1. The maximum Gasteiger partial charge on any atom is 0.232 e. The first-order valence-electron chi connectivity index (χ1n) is 9.30. The Morgan fingerprint density at radius 2 is 1.96 bits per heavy atom. The van der Waals surface area contributed by atoms with Gasteiger partial charge in [0, 0.05) is 18.3 Å². The molecule has 28 heavy (non-hydrogen) atoms. The predicted octanol–water partition coefficient (Wildman–Crippen LogP) is 3.95. The van der Waals surface area contributed by atoms with Gasteiger partial charge in [0.1, 0.15) is 5.75 Å². The van der Waals surface area contributed by atoms with E-state index in [2.05, 4.69) is 22.6 Å². The van der Waals surface area contributed by atoms with E-state index in [1.54, 1.807) is 20.1 Å². The molecular formula is C21H25N3O3S. The minimum Gasteiger partial charge on any atom is -0.497 e. The van der Waals surface area contributed by atoms with Crippen molar-refractivity contribution in [3.63, 3.8) is 0 Å². The Kier molecular flexibility index (Phi) is 5.52. The fourth-order valence-electron chi connectivity index (χ4n) is 3.77. The summed E-state index contributed by atoms with van der Waals surface area (Å²) < 4.78 is 31.8. The third-order valence-electron chi connectivity index (χ3n) is 5.25. The summed E-state index contributed by atoms with van der Waals surface area (Å²) in [6, 6.07) is 13.8. The number of fused-ring (bicyclic) bond motifs is 1. The molecule has 2 unspecified atom stereocenters. The lowest BCUT2D eigenvalue weighted by molar-refractivity contribution is 0.415. The largest absolute Gasteiger partial charge is 0.497 e. The molecular weight excluding hydrogens is 374 g/mol. The van der Waals surface area contributed by atoms with Gasteiger partial charge in [0.25, 0.3) is 0 Å². The van der Waals surface area contributed by atoms with E-state index in [1.807, 2.05) is 37.3 Å². The molecule has 2 aromatic carbocycles. The SMILES string of the molecule is CCN1c2cc(OC)ccc2C(C#N)C1c1ccc(NS(=O)(=O)CC)c(C)c1. The summed E-state index contributed by atoms with van der Waals surface area (Å²) in [5.41, 5.74) is 4.38. The summed E-state index contributed by atoms with van der Waals surface area (Å²) in [6.45, 7) is 6.28. The predicted molar refractivity (Wildman–Crippen MR) is 111 cm³/mol. The molecule has 0 aromatic heterocycles. The second-order valence-corrected chi connectivity index (χ2v) is 8.85. The van der Waals surface area contributed by atoms with Gasteiger partial charge in [-0.3, -0.25) is 4.72 Å². The van der Waals surface area contributed by atoms with Crippen LogP contribution < -0.4 is 14.4 Å². The summed E-state index contributed by atoms with van der Waals surface area (Å²) in [5, 5.41) is 9.89. The van der Waals surface area contributed by atoms with Crippen molar-refractivity contribution in [2.24, 2.45) is 0 Å². The van der Waals surface area contributed by atoms with Crippen LogP contribution in [0.1, 0.15) is 42.5 Å². The van der Waals surface area contributed by atoms with Gasteiger partial charge in [0.15, 0.2) is 0 Å². The number of anilines is 2. The van der Waals surface area contributed by atoms with E-state index >= 15 is 0 Å². The van der Waals surface area contributed by atoms with Crippen LogP contribution in [0.25, 0.3) is 0 Å². The highest BCUT2D eigenvalue weighted by molar-refractivity contribution is 7.92. The normalized spacial score (nSPS) is 18.5. The average Bonchev–Trinajstić information content (AvgIpc) is 3.01. The molecule has 1 N–H and O–H groups in total. The Morgan fingerprint density at radius 1 is 1.21 bits per heavy atom. The topological polar surface area (TPSA) is 82.4 Å². The van der Waals surface area contributed by atoms with Crippen molar-refractivity contribution in [2.45, 2.75) is 32.7 Å². The summed E-state index contributed by atoms with van der Waals surface area (Å²) in [4.78, 5) is 2.20. The molecule has 2 atom stereocenters. The molecule has 1 aliphatic heterocycles. The Hall–Kier alpha value is -2.72. The molecule has 2 aromatic rings. The molecule has 0 aliphatic carbocycles. The number of nitrogens with one attached hydrogen (secondary N) is 1. The maximum atomic E-state index is 11.9. The molecule has 0 saturated heterocycles. The number of aryl methyl sites for hydroxylation is 1. The van der Waals surface area contributed by atoms with Crippen LogP contribution in [0.2, 0.25) is 0 Å². The van der Waals surface area contributed by atoms with Gasteiger partial charge in [-0.15, -0.1) is 0 Å². The van der Waals surface area contributed by atoms with Gasteiger partial charge in [-0.25, -0.2) is 8.42 Å². The first kappa shape index (κ1) is 20.0. The lowest BCUT2D eigenvalue weighted by atomic mass is 9.90. The van der Waals surface area contributed by atoms with Crippen molar-refractivity contribution in [2.75, 3.05) is 29.0 Å². The van der Waals surface area contributed by atoms with Crippen molar-refractivity contribution in [3.8, 4) is 11.8 Å². The number of ether oxygens (including phenoxy) is 1. The zero-order valence-corrected chi connectivity index (χ0v) is 17.4. The smallest absolute Gasteiger partial charge is 0.232 e. The number of nitriles is 1. The molecule has 0 amide bonds. The second kappa shape index (κ2) is 7.72. The molecule has 148 valence electrons. The van der Waals surface area contributed by atoms with Crippen LogP contribution in [0.3, 0.4) is 0 Å². The average molecular weight is 400 g/mol. The number of likely N-dealkylation sites (N-methyl/N-ethyl adjacent to an activating group) is 1. The minimum atomic E-state index is -3.34. The van der Waals surface area contributed by atoms with E-state index in [9.17, 15) is 13.7 Å². The van der Waals surface area contributed by atoms with Crippen molar-refractivity contribution in [1.29, 1.82) is 5.26 Å². The van der Waals surface area contributed by atoms with Gasteiger partial charge >= 0.3 is 0 Å². The van der Waals surface area contributed by atoms with Gasteiger partial charge in [0.05, 0.1) is 36.6 Å². The van der Waals surface area contributed by atoms with Crippen LogP contribution >= 0.6 is 0 Å². The van der Waals surface area contributed by atoms with E-state index in [1.165, 1.54) is 0 Å². The molecule has 1 heterocycles. The quantitative estimate of drug-likeness (QED) is 0.795. The van der Waals surface area contributed by atoms with Crippen LogP contribution in [-0.2, 0) is 10.0 Å². The molecule has 0 fully saturated rings. The highest BCUT2D eigenvalue weighted by Gasteiger charge is 2.39. The first-order valence-corrected chi connectivity index (χ1v) is 11.0. The Bertz CT molecular complexity index is 1030. The summed E-state index contributed by atoms with van der Waals surface area (Å²) in [7, 11) is -1.71. The minimum absolute atomic E-state index is 0.0219. The third-order valence-corrected chi connectivity index (χ3v) is 6.54. The van der Waals surface area contributed by atoms with Crippen LogP contribution in [0.5, 0.6) is 5.75 Å². The van der Waals surface area contributed by atoms with Crippen molar-refractivity contribution in [3.05, 3.63) is 53.1 Å². The van der Waals surface area contributed by atoms with Crippen LogP contribution in [0.4, 0.5) is 11.4 Å². The lowest BCUT2D eigenvalue weighted by Gasteiger charge is -2.28.